The van der Waals surface area contributed by atoms with Gasteiger partial charge in [0.1, 0.15) is 0 Å². The molecule has 1 atom stereocenters. The minimum atomic E-state index is 0.0983. The summed E-state index contributed by atoms with van der Waals surface area (Å²) in [5, 5.41) is 0.0983. The second-order valence-corrected chi connectivity index (χ2v) is 7.46. The lowest BCUT2D eigenvalue weighted by molar-refractivity contribution is 0.670. The third-order valence-corrected chi connectivity index (χ3v) is 5.94. The zero-order valence-electron chi connectivity index (χ0n) is 9.20. The second-order valence-electron chi connectivity index (χ2n) is 4.53. The third-order valence-electron chi connectivity index (χ3n) is 3.47. The lowest BCUT2D eigenvalue weighted by Crippen LogP contribution is -2.12. The highest BCUT2D eigenvalue weighted by atomic mass is 79.9. The van der Waals surface area contributed by atoms with Gasteiger partial charge >= 0.3 is 0 Å². The van der Waals surface area contributed by atoms with Crippen molar-refractivity contribution in [1.29, 1.82) is 0 Å². The number of thiophene rings is 1. The van der Waals surface area contributed by atoms with Gasteiger partial charge in [0.15, 0.2) is 0 Å². The van der Waals surface area contributed by atoms with Crippen molar-refractivity contribution >= 4 is 38.9 Å². The monoisotopic (exact) mass is 326 g/mol. The highest BCUT2D eigenvalue weighted by Crippen LogP contribution is 2.60. The molecule has 1 aromatic heterocycles. The molecule has 1 aliphatic carbocycles. The molecule has 1 aromatic carbocycles. The van der Waals surface area contributed by atoms with Crippen LogP contribution in [0.25, 0.3) is 0 Å². The molecule has 1 unspecified atom stereocenters. The Balaban J connectivity index is 1.94. The Morgan fingerprint density at radius 2 is 1.82 bits per heavy atom. The van der Waals surface area contributed by atoms with Crippen LogP contribution in [-0.4, -0.2) is 0 Å². The zero-order chi connectivity index (χ0) is 11.9. The largest absolute Gasteiger partial charge is 0.132 e. The number of alkyl halides is 1. The van der Waals surface area contributed by atoms with Crippen LogP contribution in [0.5, 0.6) is 0 Å². The van der Waals surface area contributed by atoms with Crippen molar-refractivity contribution in [3.05, 3.63) is 56.7 Å². The Bertz CT molecular complexity index is 516. The molecule has 0 saturated heterocycles. The quantitative estimate of drug-likeness (QED) is 0.651. The van der Waals surface area contributed by atoms with E-state index < -0.39 is 0 Å². The maximum absolute atomic E-state index is 6.70. The van der Waals surface area contributed by atoms with E-state index >= 15 is 0 Å². The zero-order valence-corrected chi connectivity index (χ0v) is 12.4. The normalized spacial score (nSPS) is 18.9. The molecule has 1 aliphatic rings. The Morgan fingerprint density at radius 1 is 1.12 bits per heavy atom. The standard InChI is InChI=1S/C14H12BrClS/c15-12-7-6-11(17-12)13(16)14(8-9-14)10-4-2-1-3-5-10/h1-7,13H,8-9H2. The van der Waals surface area contributed by atoms with Gasteiger partial charge in [0, 0.05) is 10.3 Å². The molecule has 0 radical (unpaired) electrons. The second kappa shape index (κ2) is 4.42. The number of benzene rings is 1. The molecule has 1 fully saturated rings. The van der Waals surface area contributed by atoms with Crippen LogP contribution in [0.3, 0.4) is 0 Å². The van der Waals surface area contributed by atoms with Gasteiger partial charge in [-0.3, -0.25) is 0 Å². The van der Waals surface area contributed by atoms with Crippen LogP contribution in [0.15, 0.2) is 46.3 Å². The van der Waals surface area contributed by atoms with Crippen molar-refractivity contribution in [2.75, 3.05) is 0 Å². The highest BCUT2D eigenvalue weighted by molar-refractivity contribution is 9.11. The van der Waals surface area contributed by atoms with Gasteiger partial charge in [0.2, 0.25) is 0 Å². The third kappa shape index (κ3) is 2.07. The molecule has 0 aliphatic heterocycles. The smallest absolute Gasteiger partial charge is 0.0775 e. The predicted octanol–water partition coefficient (Wildman–Crippen LogP) is 5.52. The minimum Gasteiger partial charge on any atom is -0.132 e. The summed E-state index contributed by atoms with van der Waals surface area (Å²) in [6, 6.07) is 14.9. The first-order chi connectivity index (χ1) is 8.22. The summed E-state index contributed by atoms with van der Waals surface area (Å²) >= 11 is 11.9. The summed E-state index contributed by atoms with van der Waals surface area (Å²) in [7, 11) is 0. The van der Waals surface area contributed by atoms with Gasteiger partial charge in [0.25, 0.3) is 0 Å². The van der Waals surface area contributed by atoms with Crippen molar-refractivity contribution in [2.45, 2.75) is 23.6 Å². The fourth-order valence-corrected chi connectivity index (χ4v) is 4.40. The lowest BCUT2D eigenvalue weighted by Gasteiger charge is -2.21. The molecular weight excluding hydrogens is 316 g/mol. The summed E-state index contributed by atoms with van der Waals surface area (Å²) in [5.74, 6) is 0. The SMILES string of the molecule is ClC(c1ccc(Br)s1)C1(c2ccccc2)CC1. The topological polar surface area (TPSA) is 0 Å². The lowest BCUT2D eigenvalue weighted by atomic mass is 9.91. The summed E-state index contributed by atoms with van der Waals surface area (Å²) in [6.45, 7) is 0. The van der Waals surface area contributed by atoms with E-state index in [1.807, 2.05) is 0 Å². The van der Waals surface area contributed by atoms with Crippen molar-refractivity contribution in [3.63, 3.8) is 0 Å². The molecule has 1 heterocycles. The van der Waals surface area contributed by atoms with Crippen LogP contribution in [0.1, 0.15) is 28.7 Å². The first kappa shape index (κ1) is 11.8. The molecule has 3 heteroatoms. The van der Waals surface area contributed by atoms with Crippen LogP contribution in [0, 0.1) is 0 Å². The molecule has 2 aromatic rings. The van der Waals surface area contributed by atoms with Crippen molar-refractivity contribution < 1.29 is 0 Å². The first-order valence-electron chi connectivity index (χ1n) is 5.67. The van der Waals surface area contributed by atoms with E-state index in [-0.39, 0.29) is 10.8 Å². The van der Waals surface area contributed by atoms with Crippen molar-refractivity contribution in [1.82, 2.24) is 0 Å². The molecule has 0 N–H and O–H groups in total. The summed E-state index contributed by atoms with van der Waals surface area (Å²) in [4.78, 5) is 1.26. The maximum Gasteiger partial charge on any atom is 0.0775 e. The molecular formula is C14H12BrClS. The minimum absolute atomic E-state index is 0.0983. The number of halogens is 2. The van der Waals surface area contributed by atoms with Gasteiger partial charge in [-0.15, -0.1) is 22.9 Å². The fraction of sp³-hybridized carbons (Fsp3) is 0.286. The Kier molecular flexibility index (Phi) is 3.06. The van der Waals surface area contributed by atoms with Gasteiger partial charge in [-0.1, -0.05) is 30.3 Å². The van der Waals surface area contributed by atoms with Crippen LogP contribution >= 0.6 is 38.9 Å². The Morgan fingerprint density at radius 3 is 2.35 bits per heavy atom. The molecule has 0 bridgehead atoms. The van der Waals surface area contributed by atoms with Crippen LogP contribution in [0.2, 0.25) is 0 Å². The average molecular weight is 328 g/mol. The molecule has 1 saturated carbocycles. The predicted molar refractivity (Wildman–Crippen MR) is 78.0 cm³/mol. The molecule has 17 heavy (non-hydrogen) atoms. The number of rotatable bonds is 3. The van der Waals surface area contributed by atoms with E-state index in [2.05, 4.69) is 58.4 Å². The van der Waals surface area contributed by atoms with Crippen LogP contribution in [-0.2, 0) is 5.41 Å². The van der Waals surface area contributed by atoms with Crippen LogP contribution < -0.4 is 0 Å². The molecule has 3 rings (SSSR count). The van der Waals surface area contributed by atoms with Gasteiger partial charge in [-0.25, -0.2) is 0 Å². The van der Waals surface area contributed by atoms with Crippen molar-refractivity contribution in [3.8, 4) is 0 Å². The van der Waals surface area contributed by atoms with Gasteiger partial charge in [-0.2, -0.15) is 0 Å². The number of hydrogen-bond donors (Lipinski definition) is 0. The van der Waals surface area contributed by atoms with E-state index in [1.54, 1.807) is 11.3 Å². The van der Waals surface area contributed by atoms with Gasteiger partial charge in [0.05, 0.1) is 9.16 Å². The number of hydrogen-bond acceptors (Lipinski definition) is 1. The molecule has 88 valence electrons. The first-order valence-corrected chi connectivity index (χ1v) is 7.72. The maximum atomic E-state index is 6.70. The molecule has 0 nitrogen and oxygen atoms in total. The van der Waals surface area contributed by atoms with E-state index in [0.29, 0.717) is 0 Å². The van der Waals surface area contributed by atoms with E-state index in [9.17, 15) is 0 Å². The average Bonchev–Trinajstić information content (AvgIpc) is 3.07. The molecule has 0 spiro atoms. The van der Waals surface area contributed by atoms with E-state index in [0.717, 1.165) is 3.79 Å². The van der Waals surface area contributed by atoms with E-state index in [1.165, 1.54) is 23.3 Å². The molecule has 0 amide bonds. The fourth-order valence-electron chi connectivity index (χ4n) is 2.33. The van der Waals surface area contributed by atoms with Crippen molar-refractivity contribution in [2.24, 2.45) is 0 Å². The van der Waals surface area contributed by atoms with Crippen LogP contribution in [0.4, 0.5) is 0 Å². The van der Waals surface area contributed by atoms with E-state index in [4.69, 9.17) is 11.6 Å². The van der Waals surface area contributed by atoms with Gasteiger partial charge < -0.3 is 0 Å². The summed E-state index contributed by atoms with van der Waals surface area (Å²) < 4.78 is 1.15. The highest BCUT2D eigenvalue weighted by Gasteiger charge is 2.50. The van der Waals surface area contributed by atoms with Gasteiger partial charge in [-0.05, 0) is 46.5 Å². The summed E-state index contributed by atoms with van der Waals surface area (Å²) in [5.41, 5.74) is 1.55. The Hall–Kier alpha value is -0.310. The summed E-state index contributed by atoms with van der Waals surface area (Å²) in [6.07, 6.45) is 2.39. The Labute approximate surface area is 119 Å².